The Morgan fingerprint density at radius 2 is 1.98 bits per heavy atom. The number of carbonyl (C=O) groups is 1. The highest BCUT2D eigenvalue weighted by Gasteiger charge is 2.38. The van der Waals surface area contributed by atoms with Gasteiger partial charge in [-0.2, -0.15) is 0 Å². The highest BCUT2D eigenvalue weighted by atomic mass is 32.1. The van der Waals surface area contributed by atoms with Crippen LogP contribution in [0.3, 0.4) is 0 Å². The normalized spacial score (nSPS) is 16.8. The Kier molecular flexibility index (Phi) is 9.48. The zero-order valence-corrected chi connectivity index (χ0v) is 25.3. The summed E-state index contributed by atoms with van der Waals surface area (Å²) in [6.07, 6.45) is 10.4. The lowest BCUT2D eigenvalue weighted by Gasteiger charge is -2.41. The van der Waals surface area contributed by atoms with E-state index >= 15 is 0 Å². The molecule has 6 nitrogen and oxygen atoms in total. The maximum atomic E-state index is 14.0. The Balaban J connectivity index is 0.000000886. The van der Waals surface area contributed by atoms with Gasteiger partial charge in [0.25, 0.3) is 5.91 Å². The van der Waals surface area contributed by atoms with Crippen LogP contribution in [0.2, 0.25) is 0 Å². The van der Waals surface area contributed by atoms with Crippen LogP contribution >= 0.6 is 11.3 Å². The van der Waals surface area contributed by atoms with E-state index in [1.54, 1.807) is 18.4 Å². The van der Waals surface area contributed by atoms with Crippen LogP contribution in [-0.2, 0) is 17.6 Å². The van der Waals surface area contributed by atoms with E-state index in [0.29, 0.717) is 25.5 Å². The molecular weight excluding hydrogens is 518 g/mol. The third kappa shape index (κ3) is 5.45. The van der Waals surface area contributed by atoms with Crippen molar-refractivity contribution in [2.45, 2.75) is 58.9 Å². The molecule has 7 heteroatoms. The molecule has 3 aliphatic rings. The smallest absolute Gasteiger partial charge is 0.274 e. The van der Waals surface area contributed by atoms with Crippen molar-refractivity contribution in [2.75, 3.05) is 26.9 Å². The molecule has 6 rings (SSSR count). The van der Waals surface area contributed by atoms with Crippen LogP contribution in [0.1, 0.15) is 67.8 Å². The molecule has 1 amide bonds. The second-order valence-corrected chi connectivity index (χ2v) is 11.1. The van der Waals surface area contributed by atoms with E-state index in [9.17, 15) is 4.79 Å². The van der Waals surface area contributed by atoms with Crippen LogP contribution in [0.15, 0.2) is 61.0 Å². The number of morpholine rings is 1. The predicted molar refractivity (Wildman–Crippen MR) is 166 cm³/mol. The predicted octanol–water partition coefficient (Wildman–Crippen LogP) is 7.52. The molecule has 1 saturated heterocycles. The van der Waals surface area contributed by atoms with E-state index in [1.807, 2.05) is 24.8 Å². The second kappa shape index (κ2) is 12.8. The summed E-state index contributed by atoms with van der Waals surface area (Å²) < 4.78 is 13.7. The van der Waals surface area contributed by atoms with E-state index in [4.69, 9.17) is 14.5 Å². The lowest BCUT2D eigenvalue weighted by molar-refractivity contribution is -0.0373. The minimum atomic E-state index is -0.373. The number of ether oxygens (including phenoxy) is 2. The Morgan fingerprint density at radius 1 is 1.18 bits per heavy atom. The molecule has 40 heavy (non-hydrogen) atoms. The number of aromatic nitrogens is 2. The van der Waals surface area contributed by atoms with Gasteiger partial charge < -0.3 is 14.4 Å². The van der Waals surface area contributed by atoms with Gasteiger partial charge in [0.1, 0.15) is 5.75 Å². The fourth-order valence-electron chi connectivity index (χ4n) is 5.53. The molecule has 0 spiro atoms. The summed E-state index contributed by atoms with van der Waals surface area (Å²) in [6, 6.07) is 8.51. The minimum absolute atomic E-state index is 0.00929. The van der Waals surface area contributed by atoms with E-state index in [1.165, 1.54) is 11.1 Å². The molecule has 4 heterocycles. The van der Waals surface area contributed by atoms with E-state index in [2.05, 4.69) is 73.4 Å². The number of fused-ring (bicyclic) bond motifs is 3. The third-order valence-corrected chi connectivity index (χ3v) is 8.25. The molecular formula is C33H41N3O3S. The summed E-state index contributed by atoms with van der Waals surface area (Å²) in [5.74, 6) is 1.71. The van der Waals surface area contributed by atoms with Gasteiger partial charge in [-0.15, -0.1) is 24.5 Å². The summed E-state index contributed by atoms with van der Waals surface area (Å²) in [4.78, 5) is 22.0. The maximum absolute atomic E-state index is 14.0. The van der Waals surface area contributed by atoms with Crippen molar-refractivity contribution in [1.29, 1.82) is 0 Å². The zero-order valence-electron chi connectivity index (χ0n) is 24.5. The summed E-state index contributed by atoms with van der Waals surface area (Å²) in [6.45, 7) is 15.8. The van der Waals surface area contributed by atoms with Crippen molar-refractivity contribution in [2.24, 2.45) is 0 Å². The first-order chi connectivity index (χ1) is 19.5. The van der Waals surface area contributed by atoms with Crippen molar-refractivity contribution in [1.82, 2.24) is 14.5 Å². The Hall–Kier alpha value is -3.42. The molecule has 1 aromatic carbocycles. The van der Waals surface area contributed by atoms with Crippen molar-refractivity contribution < 1.29 is 14.3 Å². The number of benzene rings is 1. The summed E-state index contributed by atoms with van der Waals surface area (Å²) >= 11 is 1.65. The van der Waals surface area contributed by atoms with Crippen LogP contribution in [0.4, 0.5) is 0 Å². The van der Waals surface area contributed by atoms with Gasteiger partial charge in [-0.25, -0.2) is 4.98 Å². The van der Waals surface area contributed by atoms with Crippen LogP contribution in [0, 0.1) is 0 Å². The fourth-order valence-corrected chi connectivity index (χ4v) is 6.23. The molecule has 0 atom stereocenters. The molecule has 212 valence electrons. The number of nitrogens with zero attached hydrogens (tertiary/aromatic N) is 3. The summed E-state index contributed by atoms with van der Waals surface area (Å²) in [5, 5.41) is 2.06. The first-order valence-electron chi connectivity index (χ1n) is 14.1. The van der Waals surface area contributed by atoms with Crippen LogP contribution in [-0.4, -0.2) is 52.8 Å². The SMILES string of the molecule is C=C.CC.COc1cc2c(cc1C1=CCCC=C1)-n1c(-c3cccs3)nc(C(=O)N3CCOCC3(C)C)c1CC2. The molecule has 2 aliphatic heterocycles. The lowest BCUT2D eigenvalue weighted by Crippen LogP contribution is -2.55. The number of imidazole rings is 1. The van der Waals surface area contributed by atoms with Crippen LogP contribution in [0.25, 0.3) is 22.0 Å². The third-order valence-electron chi connectivity index (χ3n) is 7.39. The van der Waals surface area contributed by atoms with Crippen molar-refractivity contribution in [3.8, 4) is 22.1 Å². The van der Waals surface area contributed by atoms with Crippen LogP contribution < -0.4 is 4.74 Å². The van der Waals surface area contributed by atoms with Gasteiger partial charge in [0.05, 0.1) is 42.1 Å². The van der Waals surface area contributed by atoms with Gasteiger partial charge in [0.15, 0.2) is 11.5 Å². The highest BCUT2D eigenvalue weighted by Crippen LogP contribution is 2.40. The number of thiophene rings is 1. The molecule has 1 fully saturated rings. The number of methoxy groups -OCH3 is 1. The van der Waals surface area contributed by atoms with Gasteiger partial charge in [-0.3, -0.25) is 9.36 Å². The Labute approximate surface area is 242 Å². The number of allylic oxidation sites excluding steroid dienone is 4. The highest BCUT2D eigenvalue weighted by molar-refractivity contribution is 7.13. The first-order valence-corrected chi connectivity index (χ1v) is 15.0. The van der Waals surface area contributed by atoms with Crippen molar-refractivity contribution in [3.05, 3.63) is 83.5 Å². The Morgan fingerprint density at radius 3 is 2.62 bits per heavy atom. The number of amides is 1. The van der Waals surface area contributed by atoms with Crippen molar-refractivity contribution in [3.63, 3.8) is 0 Å². The average Bonchev–Trinajstić information content (AvgIpc) is 3.67. The van der Waals surface area contributed by atoms with Crippen molar-refractivity contribution >= 4 is 22.8 Å². The van der Waals surface area contributed by atoms with Gasteiger partial charge in [0.2, 0.25) is 0 Å². The Bertz CT molecular complexity index is 1400. The zero-order chi connectivity index (χ0) is 28.9. The van der Waals surface area contributed by atoms with Gasteiger partial charge in [-0.1, -0.05) is 38.1 Å². The number of hydrogen-bond acceptors (Lipinski definition) is 5. The fraction of sp³-hybridized carbons (Fsp3) is 0.394. The molecule has 3 aromatic rings. The van der Waals surface area contributed by atoms with Gasteiger partial charge >= 0.3 is 0 Å². The number of carbonyl (C=O) groups excluding carboxylic acids is 1. The molecule has 0 unspecified atom stereocenters. The molecule has 0 bridgehead atoms. The molecule has 0 N–H and O–H groups in total. The number of aryl methyl sites for hydroxylation is 1. The molecule has 0 saturated carbocycles. The maximum Gasteiger partial charge on any atom is 0.274 e. The quantitative estimate of drug-likeness (QED) is 0.310. The second-order valence-electron chi connectivity index (χ2n) is 10.2. The first kappa shape index (κ1) is 29.6. The summed E-state index contributed by atoms with van der Waals surface area (Å²) in [7, 11) is 1.74. The molecule has 2 aromatic heterocycles. The van der Waals surface area contributed by atoms with E-state index in [-0.39, 0.29) is 11.4 Å². The minimum Gasteiger partial charge on any atom is -0.496 e. The van der Waals surface area contributed by atoms with Gasteiger partial charge in [0, 0.05) is 12.1 Å². The number of hydrogen-bond donors (Lipinski definition) is 0. The van der Waals surface area contributed by atoms with Gasteiger partial charge in [-0.05, 0) is 74.2 Å². The standard InChI is InChI=1S/C29H31N3O3S.C2H6.C2H4/c1-29(2)18-35-14-13-31(29)28(33)26-22-12-11-20-16-24(34-3)21(19-8-5-4-6-9-19)17-23(20)32(22)27(30-26)25-10-7-15-36-25;2*1-2/h5,7-10,15-17H,4,6,11-14,18H2,1-3H3;1-2H3;1-2H2. The largest absolute Gasteiger partial charge is 0.496 e. The average molecular weight is 560 g/mol. The lowest BCUT2D eigenvalue weighted by atomic mass is 9.93. The summed E-state index contributed by atoms with van der Waals surface area (Å²) in [5.41, 5.74) is 5.73. The van der Waals surface area contributed by atoms with E-state index in [0.717, 1.165) is 59.1 Å². The topological polar surface area (TPSA) is 56.6 Å². The van der Waals surface area contributed by atoms with Crippen LogP contribution in [0.5, 0.6) is 5.75 Å². The molecule has 1 aliphatic carbocycles. The number of rotatable bonds is 4. The monoisotopic (exact) mass is 559 g/mol. The van der Waals surface area contributed by atoms with E-state index < -0.39 is 0 Å². The molecule has 0 radical (unpaired) electrons.